The summed E-state index contributed by atoms with van der Waals surface area (Å²) in [7, 11) is 0. The second-order valence-corrected chi connectivity index (χ2v) is 7.72. The highest BCUT2D eigenvalue weighted by Crippen LogP contribution is 2.24. The molecule has 1 aromatic carbocycles. The Labute approximate surface area is 183 Å². The van der Waals surface area contributed by atoms with E-state index in [-0.39, 0.29) is 0 Å². The number of H-pyrrole nitrogens is 1. The first-order chi connectivity index (χ1) is 15.5. The number of aromatic nitrogens is 4. The number of fused-ring (bicyclic) bond motifs is 1. The molecule has 10 heteroatoms. The van der Waals surface area contributed by atoms with Crippen LogP contribution in [0, 0.1) is 6.92 Å². The standard InChI is InChI=1S/C22H23N7O3/c1-13-10-24-21(26-16-4-6-19(23-11-16)29-7-8-31-12-14(29)2)28-20(13)25-15-3-5-18-17(9-15)27-22(30)32-18/h3-6,9-11,14H,7-8,12H2,1-2H3,(H,27,30)(H2,24,25,26,28)/t14-/m0/s1. The van der Waals surface area contributed by atoms with Crippen LogP contribution in [0.1, 0.15) is 12.5 Å². The molecule has 4 aromatic rings. The zero-order chi connectivity index (χ0) is 22.1. The lowest BCUT2D eigenvalue weighted by Gasteiger charge is -2.34. The molecule has 1 aliphatic heterocycles. The molecule has 1 aliphatic rings. The van der Waals surface area contributed by atoms with E-state index in [4.69, 9.17) is 9.15 Å². The normalized spacial score (nSPS) is 16.3. The molecule has 1 saturated heterocycles. The van der Waals surface area contributed by atoms with Gasteiger partial charge >= 0.3 is 5.76 Å². The number of nitrogens with zero attached hydrogens (tertiary/aromatic N) is 4. The van der Waals surface area contributed by atoms with Crippen molar-refractivity contribution in [1.29, 1.82) is 0 Å². The van der Waals surface area contributed by atoms with Crippen LogP contribution in [0.2, 0.25) is 0 Å². The maximum Gasteiger partial charge on any atom is 0.417 e. The number of aryl methyl sites for hydroxylation is 1. The molecule has 1 fully saturated rings. The first-order valence-corrected chi connectivity index (χ1v) is 10.4. The molecule has 164 valence electrons. The van der Waals surface area contributed by atoms with Crippen molar-refractivity contribution in [2.24, 2.45) is 0 Å². The van der Waals surface area contributed by atoms with Crippen molar-refractivity contribution in [3.05, 3.63) is 58.8 Å². The smallest absolute Gasteiger partial charge is 0.408 e. The number of hydrogen-bond donors (Lipinski definition) is 3. The van der Waals surface area contributed by atoms with Crippen LogP contribution in [0.5, 0.6) is 0 Å². The van der Waals surface area contributed by atoms with E-state index in [1.165, 1.54) is 0 Å². The van der Waals surface area contributed by atoms with Crippen LogP contribution in [0.3, 0.4) is 0 Å². The number of rotatable bonds is 5. The molecule has 1 atom stereocenters. The lowest BCUT2D eigenvalue weighted by atomic mass is 10.2. The van der Waals surface area contributed by atoms with Crippen molar-refractivity contribution < 1.29 is 9.15 Å². The van der Waals surface area contributed by atoms with Crippen LogP contribution in [0.25, 0.3) is 11.1 Å². The number of morpholine rings is 1. The zero-order valence-corrected chi connectivity index (χ0v) is 17.8. The highest BCUT2D eigenvalue weighted by atomic mass is 16.5. The Morgan fingerprint density at radius 1 is 1.12 bits per heavy atom. The fourth-order valence-corrected chi connectivity index (χ4v) is 3.62. The van der Waals surface area contributed by atoms with Crippen LogP contribution in [0.15, 0.2) is 51.9 Å². The van der Waals surface area contributed by atoms with E-state index >= 15 is 0 Å². The predicted octanol–water partition coefficient (Wildman–Crippen LogP) is 3.33. The highest BCUT2D eigenvalue weighted by Gasteiger charge is 2.20. The summed E-state index contributed by atoms with van der Waals surface area (Å²) < 4.78 is 10.5. The molecule has 3 N–H and O–H groups in total. The average molecular weight is 433 g/mol. The van der Waals surface area contributed by atoms with Gasteiger partial charge in [-0.3, -0.25) is 4.98 Å². The van der Waals surface area contributed by atoms with Gasteiger partial charge in [0, 0.05) is 24.0 Å². The van der Waals surface area contributed by atoms with Crippen LogP contribution in [0.4, 0.5) is 29.0 Å². The first kappa shape index (κ1) is 20.0. The molecule has 0 amide bonds. The van der Waals surface area contributed by atoms with E-state index in [1.807, 2.05) is 25.1 Å². The van der Waals surface area contributed by atoms with Crippen molar-refractivity contribution in [2.45, 2.75) is 19.9 Å². The monoisotopic (exact) mass is 433 g/mol. The van der Waals surface area contributed by atoms with Gasteiger partial charge in [0.1, 0.15) is 11.6 Å². The van der Waals surface area contributed by atoms with Crippen molar-refractivity contribution in [3.8, 4) is 0 Å². The second kappa shape index (κ2) is 8.31. The van der Waals surface area contributed by atoms with E-state index < -0.39 is 5.76 Å². The quantitative estimate of drug-likeness (QED) is 0.435. The van der Waals surface area contributed by atoms with E-state index in [0.717, 1.165) is 29.3 Å². The van der Waals surface area contributed by atoms with E-state index in [1.54, 1.807) is 24.5 Å². The molecule has 3 aromatic heterocycles. The molecule has 10 nitrogen and oxygen atoms in total. The van der Waals surface area contributed by atoms with Gasteiger partial charge in [-0.15, -0.1) is 0 Å². The van der Waals surface area contributed by atoms with Crippen molar-refractivity contribution in [2.75, 3.05) is 35.3 Å². The molecule has 0 bridgehead atoms. The Hall–Kier alpha value is -3.92. The van der Waals surface area contributed by atoms with Crippen molar-refractivity contribution in [3.63, 3.8) is 0 Å². The summed E-state index contributed by atoms with van der Waals surface area (Å²) >= 11 is 0. The summed E-state index contributed by atoms with van der Waals surface area (Å²) in [5.41, 5.74) is 3.57. The predicted molar refractivity (Wildman–Crippen MR) is 122 cm³/mol. The van der Waals surface area contributed by atoms with E-state index in [0.29, 0.717) is 42.1 Å². The topological polar surface area (TPSA) is 121 Å². The fraction of sp³-hybridized carbons (Fsp3) is 0.273. The molecule has 0 aliphatic carbocycles. The number of anilines is 5. The molecule has 0 unspecified atom stereocenters. The number of aromatic amines is 1. The van der Waals surface area contributed by atoms with Gasteiger partial charge in [0.25, 0.3) is 0 Å². The Kier molecular flexibility index (Phi) is 5.20. The number of benzene rings is 1. The number of nitrogens with one attached hydrogen (secondary N) is 3. The van der Waals surface area contributed by atoms with E-state index in [2.05, 4.69) is 42.4 Å². The third-order valence-electron chi connectivity index (χ3n) is 5.32. The number of pyridine rings is 1. The van der Waals surface area contributed by atoms with Gasteiger partial charge in [-0.05, 0) is 44.2 Å². The number of hydrogen-bond acceptors (Lipinski definition) is 9. The summed E-state index contributed by atoms with van der Waals surface area (Å²) in [5.74, 6) is 1.54. The lowest BCUT2D eigenvalue weighted by molar-refractivity contribution is 0.0985. The zero-order valence-electron chi connectivity index (χ0n) is 17.8. The van der Waals surface area contributed by atoms with Crippen LogP contribution in [-0.4, -0.2) is 45.7 Å². The minimum atomic E-state index is -0.482. The Bertz CT molecular complexity index is 1300. The summed E-state index contributed by atoms with van der Waals surface area (Å²) in [6, 6.07) is 9.59. The van der Waals surface area contributed by atoms with Gasteiger partial charge in [0.2, 0.25) is 5.95 Å². The summed E-state index contributed by atoms with van der Waals surface area (Å²) in [5, 5.41) is 6.47. The molecular formula is C22H23N7O3. The van der Waals surface area contributed by atoms with Crippen molar-refractivity contribution >= 4 is 40.1 Å². The van der Waals surface area contributed by atoms with Crippen molar-refractivity contribution in [1.82, 2.24) is 19.9 Å². The SMILES string of the molecule is Cc1cnc(Nc2ccc(N3CCOC[C@@H]3C)nc2)nc1Nc1ccc2oc(=O)[nH]c2c1. The third kappa shape index (κ3) is 4.12. The third-order valence-corrected chi connectivity index (χ3v) is 5.32. The minimum Gasteiger partial charge on any atom is -0.408 e. The van der Waals surface area contributed by atoms with Crippen LogP contribution >= 0.6 is 0 Å². The van der Waals surface area contributed by atoms with Crippen LogP contribution < -0.4 is 21.3 Å². The van der Waals surface area contributed by atoms with Gasteiger partial charge in [-0.2, -0.15) is 4.98 Å². The molecule has 4 heterocycles. The number of oxazole rings is 1. The number of ether oxygens (including phenoxy) is 1. The van der Waals surface area contributed by atoms with Gasteiger partial charge in [-0.25, -0.2) is 14.8 Å². The molecule has 32 heavy (non-hydrogen) atoms. The Balaban J connectivity index is 1.32. The highest BCUT2D eigenvalue weighted by molar-refractivity contribution is 5.78. The molecular weight excluding hydrogens is 410 g/mol. The summed E-state index contributed by atoms with van der Waals surface area (Å²) in [6.45, 7) is 6.30. The van der Waals surface area contributed by atoms with E-state index in [9.17, 15) is 4.79 Å². The largest absolute Gasteiger partial charge is 0.417 e. The maximum atomic E-state index is 11.4. The van der Waals surface area contributed by atoms with Gasteiger partial charge in [0.05, 0.1) is 36.7 Å². The summed E-state index contributed by atoms with van der Waals surface area (Å²) in [4.78, 5) is 29.8. The molecule has 5 rings (SSSR count). The maximum absolute atomic E-state index is 11.4. The van der Waals surface area contributed by atoms with Gasteiger partial charge < -0.3 is 24.7 Å². The lowest BCUT2D eigenvalue weighted by Crippen LogP contribution is -2.44. The Morgan fingerprint density at radius 3 is 2.81 bits per heavy atom. The molecule has 0 saturated carbocycles. The van der Waals surface area contributed by atoms with Gasteiger partial charge in [0.15, 0.2) is 5.58 Å². The first-order valence-electron chi connectivity index (χ1n) is 10.4. The Morgan fingerprint density at radius 2 is 2.00 bits per heavy atom. The van der Waals surface area contributed by atoms with Gasteiger partial charge in [-0.1, -0.05) is 0 Å². The minimum absolute atomic E-state index is 0.295. The van der Waals surface area contributed by atoms with Crippen LogP contribution in [-0.2, 0) is 4.74 Å². The average Bonchev–Trinajstić information content (AvgIpc) is 3.16. The summed E-state index contributed by atoms with van der Waals surface area (Å²) in [6.07, 6.45) is 3.52. The molecule has 0 radical (unpaired) electrons. The fourth-order valence-electron chi connectivity index (χ4n) is 3.62. The molecule has 0 spiro atoms. The second-order valence-electron chi connectivity index (χ2n) is 7.72.